The van der Waals surface area contributed by atoms with Gasteiger partial charge in [-0.15, -0.1) is 0 Å². The van der Waals surface area contributed by atoms with E-state index in [1.54, 1.807) is 0 Å². The molecule has 2 aromatic heterocycles. The van der Waals surface area contributed by atoms with Gasteiger partial charge >= 0.3 is 0 Å². The molecule has 0 saturated carbocycles. The summed E-state index contributed by atoms with van der Waals surface area (Å²) in [6, 6.07) is 25.7. The molecule has 0 saturated heterocycles. The first-order valence-electron chi connectivity index (χ1n) is 8.97. The van der Waals surface area contributed by atoms with E-state index in [9.17, 15) is 0 Å². The van der Waals surface area contributed by atoms with E-state index < -0.39 is 0 Å². The van der Waals surface area contributed by atoms with Crippen molar-refractivity contribution in [2.75, 3.05) is 0 Å². The van der Waals surface area contributed by atoms with Gasteiger partial charge in [-0.1, -0.05) is 77.4 Å². The number of benzene rings is 3. The SMILES string of the molecule is Clc1ccc(-c2nc3ccccc3c3onc(/C=C/c4ccccc4)c23)cc1. The van der Waals surface area contributed by atoms with Crippen LogP contribution in [0, 0.1) is 0 Å². The molecule has 0 N–H and O–H groups in total. The number of pyridine rings is 1. The van der Waals surface area contributed by atoms with Crippen molar-refractivity contribution in [2.24, 2.45) is 0 Å². The van der Waals surface area contributed by atoms with Crippen molar-refractivity contribution in [1.29, 1.82) is 0 Å². The highest BCUT2D eigenvalue weighted by Crippen LogP contribution is 2.35. The normalized spacial score (nSPS) is 11.6. The van der Waals surface area contributed by atoms with Crippen molar-refractivity contribution in [3.63, 3.8) is 0 Å². The van der Waals surface area contributed by atoms with Crippen molar-refractivity contribution in [2.45, 2.75) is 0 Å². The fraction of sp³-hybridized carbons (Fsp3) is 0. The second-order valence-electron chi connectivity index (χ2n) is 6.50. The van der Waals surface area contributed by atoms with Crippen molar-refractivity contribution in [3.05, 3.63) is 95.1 Å². The molecule has 0 bridgehead atoms. The Labute approximate surface area is 166 Å². The van der Waals surface area contributed by atoms with Gasteiger partial charge in [0.15, 0.2) is 5.58 Å². The average molecular weight is 383 g/mol. The largest absolute Gasteiger partial charge is 0.355 e. The summed E-state index contributed by atoms with van der Waals surface area (Å²) < 4.78 is 5.77. The first-order valence-corrected chi connectivity index (χ1v) is 9.34. The fourth-order valence-electron chi connectivity index (χ4n) is 3.32. The Morgan fingerprint density at radius 1 is 0.786 bits per heavy atom. The Bertz CT molecular complexity index is 1310. The molecule has 4 heteroatoms. The van der Waals surface area contributed by atoms with Crippen LogP contribution in [0.25, 0.3) is 45.3 Å². The lowest BCUT2D eigenvalue weighted by Crippen LogP contribution is -1.89. The third-order valence-corrected chi connectivity index (χ3v) is 4.94. The van der Waals surface area contributed by atoms with E-state index in [4.69, 9.17) is 21.1 Å². The summed E-state index contributed by atoms with van der Waals surface area (Å²) in [6.07, 6.45) is 4.00. The molecular formula is C24H15ClN2O. The van der Waals surface area contributed by atoms with E-state index in [2.05, 4.69) is 5.16 Å². The third kappa shape index (κ3) is 2.96. The molecule has 0 spiro atoms. The number of halogens is 1. The molecule has 5 rings (SSSR count). The highest BCUT2D eigenvalue weighted by molar-refractivity contribution is 6.30. The molecule has 0 radical (unpaired) electrons. The highest BCUT2D eigenvalue weighted by atomic mass is 35.5. The van der Waals surface area contributed by atoms with Gasteiger partial charge < -0.3 is 4.52 Å². The van der Waals surface area contributed by atoms with E-state index in [1.807, 2.05) is 91.0 Å². The number of nitrogens with zero attached hydrogens (tertiary/aromatic N) is 2. The lowest BCUT2D eigenvalue weighted by atomic mass is 10.0. The smallest absolute Gasteiger partial charge is 0.179 e. The van der Waals surface area contributed by atoms with Crippen LogP contribution >= 0.6 is 11.6 Å². The van der Waals surface area contributed by atoms with Crippen molar-refractivity contribution in [3.8, 4) is 11.3 Å². The van der Waals surface area contributed by atoms with Gasteiger partial charge in [0, 0.05) is 16.0 Å². The molecule has 28 heavy (non-hydrogen) atoms. The van der Waals surface area contributed by atoms with E-state index in [1.165, 1.54) is 0 Å². The Kier molecular flexibility index (Phi) is 4.15. The van der Waals surface area contributed by atoms with E-state index in [0.29, 0.717) is 5.02 Å². The Morgan fingerprint density at radius 2 is 1.54 bits per heavy atom. The highest BCUT2D eigenvalue weighted by Gasteiger charge is 2.17. The summed E-state index contributed by atoms with van der Waals surface area (Å²) in [5.41, 5.74) is 5.26. The molecule has 0 aliphatic heterocycles. The maximum atomic E-state index is 6.08. The Balaban J connectivity index is 1.77. The van der Waals surface area contributed by atoms with Crippen LogP contribution in [0.2, 0.25) is 5.02 Å². The molecule has 0 atom stereocenters. The van der Waals surface area contributed by atoms with Crippen molar-refractivity contribution < 1.29 is 4.52 Å². The average Bonchev–Trinajstić information content (AvgIpc) is 3.17. The molecule has 0 aliphatic carbocycles. The van der Waals surface area contributed by atoms with Crippen LogP contribution in [0.3, 0.4) is 0 Å². The summed E-state index contributed by atoms with van der Waals surface area (Å²) >= 11 is 6.08. The third-order valence-electron chi connectivity index (χ3n) is 4.69. The van der Waals surface area contributed by atoms with Gasteiger partial charge in [0.25, 0.3) is 0 Å². The molecule has 2 heterocycles. The van der Waals surface area contributed by atoms with Crippen LogP contribution < -0.4 is 0 Å². The van der Waals surface area contributed by atoms with Gasteiger partial charge in [-0.25, -0.2) is 4.98 Å². The molecule has 3 aromatic carbocycles. The van der Waals surface area contributed by atoms with Gasteiger partial charge in [0.2, 0.25) is 0 Å². The predicted octanol–water partition coefficient (Wildman–Crippen LogP) is 6.87. The molecule has 0 aliphatic rings. The zero-order valence-electron chi connectivity index (χ0n) is 14.8. The monoisotopic (exact) mass is 382 g/mol. The number of fused-ring (bicyclic) bond motifs is 3. The summed E-state index contributed by atoms with van der Waals surface area (Å²) in [4.78, 5) is 4.91. The molecule has 134 valence electrons. The second-order valence-corrected chi connectivity index (χ2v) is 6.94. The van der Waals surface area contributed by atoms with Gasteiger partial charge in [0.05, 0.1) is 16.6 Å². The van der Waals surface area contributed by atoms with Crippen LogP contribution in [0.4, 0.5) is 0 Å². The zero-order chi connectivity index (χ0) is 18.9. The zero-order valence-corrected chi connectivity index (χ0v) is 15.6. The predicted molar refractivity (Wildman–Crippen MR) is 115 cm³/mol. The minimum absolute atomic E-state index is 0.690. The molecule has 0 amide bonds. The first-order chi connectivity index (χ1) is 13.8. The van der Waals surface area contributed by atoms with Crippen LogP contribution in [0.15, 0.2) is 83.4 Å². The summed E-state index contributed by atoms with van der Waals surface area (Å²) in [6.45, 7) is 0. The van der Waals surface area contributed by atoms with Crippen LogP contribution in [0.1, 0.15) is 11.3 Å². The second kappa shape index (κ2) is 6.95. The molecule has 0 unspecified atom stereocenters. The Hall–Kier alpha value is -3.43. The van der Waals surface area contributed by atoms with E-state index >= 15 is 0 Å². The van der Waals surface area contributed by atoms with Gasteiger partial charge in [0.1, 0.15) is 5.69 Å². The number of rotatable bonds is 3. The van der Waals surface area contributed by atoms with Crippen LogP contribution in [-0.2, 0) is 0 Å². The summed E-state index contributed by atoms with van der Waals surface area (Å²) in [5.74, 6) is 0. The molecule has 0 fully saturated rings. The maximum absolute atomic E-state index is 6.08. The van der Waals surface area contributed by atoms with Crippen LogP contribution in [0.5, 0.6) is 0 Å². The standard InChI is InChI=1S/C24H15ClN2O/c25-18-13-11-17(12-14-18)23-22-21(15-10-16-6-2-1-3-7-16)27-28-24(22)19-8-4-5-9-20(19)26-23/h1-15H/b15-10+. The topological polar surface area (TPSA) is 38.9 Å². The number of hydrogen-bond acceptors (Lipinski definition) is 3. The van der Waals surface area contributed by atoms with Gasteiger partial charge in [-0.3, -0.25) is 0 Å². The van der Waals surface area contributed by atoms with Crippen LogP contribution in [-0.4, -0.2) is 10.1 Å². The minimum atomic E-state index is 0.690. The van der Waals surface area contributed by atoms with E-state index in [-0.39, 0.29) is 0 Å². The van der Waals surface area contributed by atoms with Gasteiger partial charge in [-0.05, 0) is 35.9 Å². The number of aromatic nitrogens is 2. The maximum Gasteiger partial charge on any atom is 0.179 e. The quantitative estimate of drug-likeness (QED) is 0.342. The fourth-order valence-corrected chi connectivity index (χ4v) is 3.45. The molecular weight excluding hydrogens is 368 g/mol. The number of hydrogen-bond donors (Lipinski definition) is 0. The van der Waals surface area contributed by atoms with E-state index in [0.717, 1.165) is 44.4 Å². The summed E-state index contributed by atoms with van der Waals surface area (Å²) in [7, 11) is 0. The number of para-hydroxylation sites is 1. The Morgan fingerprint density at radius 3 is 2.36 bits per heavy atom. The van der Waals surface area contributed by atoms with Crippen molar-refractivity contribution >= 4 is 45.6 Å². The molecule has 5 aromatic rings. The summed E-state index contributed by atoms with van der Waals surface area (Å²) in [5, 5.41) is 6.87. The van der Waals surface area contributed by atoms with Crippen molar-refractivity contribution in [1.82, 2.24) is 10.1 Å². The first kappa shape index (κ1) is 16.7. The lowest BCUT2D eigenvalue weighted by Gasteiger charge is -2.06. The minimum Gasteiger partial charge on any atom is -0.355 e. The molecule has 3 nitrogen and oxygen atoms in total. The lowest BCUT2D eigenvalue weighted by molar-refractivity contribution is 0.457. The van der Waals surface area contributed by atoms with Gasteiger partial charge in [-0.2, -0.15) is 0 Å².